The Labute approximate surface area is 109 Å². The molecule has 4 N–H and O–H groups in total. The van der Waals surface area contributed by atoms with Crippen molar-refractivity contribution in [2.75, 3.05) is 6.54 Å². The van der Waals surface area contributed by atoms with E-state index in [2.05, 4.69) is 15.9 Å². The molecule has 0 fully saturated rings. The first-order chi connectivity index (χ1) is 8.32. The molecule has 98 valence electrons. The van der Waals surface area contributed by atoms with Gasteiger partial charge in [-0.1, -0.05) is 15.9 Å². The van der Waals surface area contributed by atoms with Crippen molar-refractivity contribution in [1.82, 2.24) is 5.32 Å². The van der Waals surface area contributed by atoms with Gasteiger partial charge in [-0.15, -0.1) is 0 Å². The van der Waals surface area contributed by atoms with Crippen molar-refractivity contribution in [2.45, 2.75) is 6.10 Å². The molecule has 0 aliphatic carbocycles. The molecule has 0 heterocycles. The summed E-state index contributed by atoms with van der Waals surface area (Å²) in [6, 6.07) is 1.84. The summed E-state index contributed by atoms with van der Waals surface area (Å²) in [5.41, 5.74) is 3.95. The van der Waals surface area contributed by atoms with Crippen LogP contribution in [0.3, 0.4) is 0 Å². The minimum atomic E-state index is -1.62. The van der Waals surface area contributed by atoms with Gasteiger partial charge in [-0.2, -0.15) is 0 Å². The molecular formula is C10H9BrF2N2O3. The van der Waals surface area contributed by atoms with Crippen LogP contribution in [0.1, 0.15) is 10.4 Å². The van der Waals surface area contributed by atoms with E-state index < -0.39 is 41.7 Å². The smallest absolute Gasteiger partial charge is 0.257 e. The molecule has 0 saturated carbocycles. The minimum Gasteiger partial charge on any atom is -0.381 e. The fraction of sp³-hybridized carbons (Fsp3) is 0.200. The summed E-state index contributed by atoms with van der Waals surface area (Å²) >= 11 is 2.86. The monoisotopic (exact) mass is 322 g/mol. The molecule has 1 aromatic rings. The summed E-state index contributed by atoms with van der Waals surface area (Å²) in [4.78, 5) is 21.9. The Morgan fingerprint density at radius 2 is 1.89 bits per heavy atom. The van der Waals surface area contributed by atoms with E-state index in [1.165, 1.54) is 0 Å². The fourth-order valence-electron chi connectivity index (χ4n) is 1.14. The van der Waals surface area contributed by atoms with Crippen molar-refractivity contribution >= 4 is 27.7 Å². The lowest BCUT2D eigenvalue weighted by atomic mass is 10.2. The van der Waals surface area contributed by atoms with Crippen LogP contribution in [-0.2, 0) is 4.79 Å². The van der Waals surface area contributed by atoms with Gasteiger partial charge in [0.25, 0.3) is 5.91 Å². The number of nitrogens with one attached hydrogen (secondary N) is 1. The van der Waals surface area contributed by atoms with Gasteiger partial charge in [0.15, 0.2) is 0 Å². The van der Waals surface area contributed by atoms with Crippen LogP contribution < -0.4 is 11.1 Å². The molecule has 1 rings (SSSR count). The summed E-state index contributed by atoms with van der Waals surface area (Å²) in [5, 5.41) is 11.0. The van der Waals surface area contributed by atoms with Crippen molar-refractivity contribution in [1.29, 1.82) is 0 Å². The Morgan fingerprint density at radius 3 is 2.33 bits per heavy atom. The fourth-order valence-corrected chi connectivity index (χ4v) is 1.54. The molecule has 0 aliphatic rings. The van der Waals surface area contributed by atoms with Crippen molar-refractivity contribution < 1.29 is 23.5 Å². The van der Waals surface area contributed by atoms with Gasteiger partial charge in [0, 0.05) is 4.47 Å². The number of primary amides is 1. The Hall–Kier alpha value is -1.54. The zero-order valence-electron chi connectivity index (χ0n) is 8.91. The molecule has 18 heavy (non-hydrogen) atoms. The van der Waals surface area contributed by atoms with Crippen LogP contribution in [0.4, 0.5) is 8.78 Å². The lowest BCUT2D eigenvalue weighted by molar-refractivity contribution is -0.125. The Kier molecular flexibility index (Phi) is 4.74. The normalized spacial score (nSPS) is 12.0. The van der Waals surface area contributed by atoms with Crippen molar-refractivity contribution in [2.24, 2.45) is 5.73 Å². The van der Waals surface area contributed by atoms with E-state index in [4.69, 9.17) is 10.8 Å². The number of carbonyl (C=O) groups excluding carboxylic acids is 2. The highest BCUT2D eigenvalue weighted by molar-refractivity contribution is 9.10. The second kappa shape index (κ2) is 5.87. The highest BCUT2D eigenvalue weighted by atomic mass is 79.9. The molecule has 0 spiro atoms. The maximum atomic E-state index is 13.4. The van der Waals surface area contributed by atoms with Gasteiger partial charge < -0.3 is 16.2 Å². The first kappa shape index (κ1) is 14.5. The Balaban J connectivity index is 2.82. The minimum absolute atomic E-state index is 0.145. The van der Waals surface area contributed by atoms with E-state index in [0.717, 1.165) is 12.1 Å². The first-order valence-corrected chi connectivity index (χ1v) is 5.52. The van der Waals surface area contributed by atoms with Crippen LogP contribution in [0.15, 0.2) is 16.6 Å². The van der Waals surface area contributed by atoms with Crippen molar-refractivity contribution in [3.8, 4) is 0 Å². The lowest BCUT2D eigenvalue weighted by Gasteiger charge is -2.09. The maximum Gasteiger partial charge on any atom is 0.257 e. The second-order valence-corrected chi connectivity index (χ2v) is 4.29. The van der Waals surface area contributed by atoms with Gasteiger partial charge in [0.05, 0.1) is 6.54 Å². The number of nitrogens with two attached hydrogens (primary N) is 1. The van der Waals surface area contributed by atoms with Gasteiger partial charge in [-0.3, -0.25) is 9.59 Å². The number of carbonyl (C=O) groups is 2. The van der Waals surface area contributed by atoms with Crippen LogP contribution in [0.25, 0.3) is 0 Å². The van der Waals surface area contributed by atoms with Gasteiger partial charge in [-0.25, -0.2) is 8.78 Å². The largest absolute Gasteiger partial charge is 0.381 e. The average Bonchev–Trinajstić information content (AvgIpc) is 2.24. The van der Waals surface area contributed by atoms with E-state index in [1.54, 1.807) is 0 Å². The summed E-state index contributed by atoms with van der Waals surface area (Å²) in [6.45, 7) is -0.525. The van der Waals surface area contributed by atoms with E-state index in [1.807, 2.05) is 5.32 Å². The van der Waals surface area contributed by atoms with Gasteiger partial charge in [-0.05, 0) is 12.1 Å². The molecule has 8 heteroatoms. The number of halogens is 3. The van der Waals surface area contributed by atoms with Crippen LogP contribution >= 0.6 is 15.9 Å². The number of aliphatic hydroxyl groups is 1. The van der Waals surface area contributed by atoms with Crippen LogP contribution in [0.2, 0.25) is 0 Å². The maximum absolute atomic E-state index is 13.4. The molecule has 1 aromatic carbocycles. The molecule has 1 atom stereocenters. The Bertz CT molecular complexity index is 473. The number of amides is 2. The predicted octanol–water partition coefficient (Wildman–Crippen LogP) is 0.303. The number of hydrogen-bond donors (Lipinski definition) is 3. The highest BCUT2D eigenvalue weighted by Crippen LogP contribution is 2.19. The van der Waals surface area contributed by atoms with Gasteiger partial charge in [0.1, 0.15) is 23.3 Å². The number of rotatable bonds is 4. The second-order valence-electron chi connectivity index (χ2n) is 3.37. The summed E-state index contributed by atoms with van der Waals surface area (Å²) < 4.78 is 26.9. The third-order valence-electron chi connectivity index (χ3n) is 2.02. The van der Waals surface area contributed by atoms with Crippen LogP contribution in [0, 0.1) is 11.6 Å². The summed E-state index contributed by atoms with van der Waals surface area (Å²) in [7, 11) is 0. The number of benzene rings is 1. The van der Waals surface area contributed by atoms with Gasteiger partial charge in [0.2, 0.25) is 5.91 Å². The van der Waals surface area contributed by atoms with Gasteiger partial charge >= 0.3 is 0 Å². The molecule has 2 amide bonds. The third kappa shape index (κ3) is 3.47. The van der Waals surface area contributed by atoms with E-state index in [-0.39, 0.29) is 4.47 Å². The molecule has 1 unspecified atom stereocenters. The Morgan fingerprint density at radius 1 is 1.39 bits per heavy atom. The summed E-state index contributed by atoms with van der Waals surface area (Å²) in [5.74, 6) is -4.26. The molecule has 0 aliphatic heterocycles. The molecule has 0 radical (unpaired) electrons. The topological polar surface area (TPSA) is 92.4 Å². The zero-order valence-corrected chi connectivity index (χ0v) is 10.5. The zero-order chi connectivity index (χ0) is 13.9. The van der Waals surface area contributed by atoms with E-state index >= 15 is 0 Å². The average molecular weight is 323 g/mol. The quantitative estimate of drug-likeness (QED) is 0.744. The molecular weight excluding hydrogens is 314 g/mol. The highest BCUT2D eigenvalue weighted by Gasteiger charge is 2.20. The van der Waals surface area contributed by atoms with Crippen LogP contribution in [-0.4, -0.2) is 29.6 Å². The van der Waals surface area contributed by atoms with E-state index in [9.17, 15) is 18.4 Å². The third-order valence-corrected chi connectivity index (χ3v) is 2.48. The molecule has 0 bridgehead atoms. The predicted molar refractivity (Wildman–Crippen MR) is 61.6 cm³/mol. The lowest BCUT2D eigenvalue weighted by Crippen LogP contribution is -2.40. The number of aliphatic hydroxyl groups excluding tert-OH is 1. The SMILES string of the molecule is NC(=O)C(O)CNC(=O)c1c(F)cc(Br)cc1F. The van der Waals surface area contributed by atoms with Crippen LogP contribution in [0.5, 0.6) is 0 Å². The standard InChI is InChI=1S/C10H9BrF2N2O3/c11-4-1-5(12)8(6(13)2-4)10(18)15-3-7(16)9(14)17/h1-2,7,16H,3H2,(H2,14,17)(H,15,18). The summed E-state index contributed by atoms with van der Waals surface area (Å²) in [6.07, 6.45) is -1.62. The molecule has 0 aromatic heterocycles. The molecule has 0 saturated heterocycles. The van der Waals surface area contributed by atoms with Crippen molar-refractivity contribution in [3.63, 3.8) is 0 Å². The van der Waals surface area contributed by atoms with E-state index in [0.29, 0.717) is 0 Å². The first-order valence-electron chi connectivity index (χ1n) is 4.73. The van der Waals surface area contributed by atoms with Crippen molar-refractivity contribution in [3.05, 3.63) is 33.8 Å². The molecule has 5 nitrogen and oxygen atoms in total. The number of hydrogen-bond acceptors (Lipinski definition) is 3.